The van der Waals surface area contributed by atoms with Crippen molar-refractivity contribution in [3.63, 3.8) is 0 Å². The van der Waals surface area contributed by atoms with E-state index in [1.165, 1.54) is 0 Å². The van der Waals surface area contributed by atoms with Crippen LogP contribution in [-0.2, 0) is 11.0 Å². The highest BCUT2D eigenvalue weighted by Gasteiger charge is 2.00. The van der Waals surface area contributed by atoms with Crippen molar-refractivity contribution in [2.24, 2.45) is 0 Å². The van der Waals surface area contributed by atoms with Gasteiger partial charge in [0.2, 0.25) is 0 Å². The number of anilines is 1. The summed E-state index contributed by atoms with van der Waals surface area (Å²) in [5.41, 5.74) is 6.94. The molecule has 0 radical (unpaired) electrons. The Balaban J connectivity index is 0.000000336. The van der Waals surface area contributed by atoms with Crippen LogP contribution in [0.4, 0.5) is 5.69 Å². The molecule has 6 nitrogen and oxygen atoms in total. The molecule has 6 N–H and O–H groups in total. The molecule has 0 aliphatic heterocycles. The van der Waals surface area contributed by atoms with Gasteiger partial charge < -0.3 is 25.5 Å². The van der Waals surface area contributed by atoms with E-state index in [1.54, 1.807) is 12.1 Å². The fourth-order valence-corrected chi connectivity index (χ4v) is 0.809. The molecule has 0 aliphatic carbocycles. The van der Waals surface area contributed by atoms with E-state index in [0.29, 0.717) is 5.69 Å². The maximum Gasteiger partial charge on any atom is 0.466 e. The largest absolute Gasteiger partial charge is 0.506 e. The number of rotatable bonds is 1. The summed E-state index contributed by atoms with van der Waals surface area (Å²) in [4.78, 5) is 21.6. The molecule has 0 fully saturated rings. The minimum atomic E-state index is -4.64. The van der Waals surface area contributed by atoms with Gasteiger partial charge in [0, 0.05) is 0 Å². The summed E-state index contributed by atoms with van der Waals surface area (Å²) in [5, 5.41) is 9.11. The Bertz CT molecular complexity index is 354. The van der Waals surface area contributed by atoms with E-state index in [2.05, 4.69) is 0 Å². The van der Waals surface area contributed by atoms with Crippen LogP contribution in [-0.4, -0.2) is 19.8 Å². The molecule has 15 heavy (non-hydrogen) atoms. The van der Waals surface area contributed by atoms with Crippen LogP contribution in [0.25, 0.3) is 0 Å². The van der Waals surface area contributed by atoms with Crippen LogP contribution in [0.2, 0.25) is 0 Å². The first-order valence-electron chi connectivity index (χ1n) is 4.09. The van der Waals surface area contributed by atoms with Gasteiger partial charge in [-0.1, -0.05) is 13.0 Å². The first-order chi connectivity index (χ1) is 6.74. The average molecular weight is 235 g/mol. The van der Waals surface area contributed by atoms with Crippen molar-refractivity contribution in [2.75, 3.05) is 5.73 Å². The summed E-state index contributed by atoms with van der Waals surface area (Å²) < 4.78 is 8.88. The number of aryl methyl sites for hydroxylation is 1. The second-order valence-corrected chi connectivity index (χ2v) is 3.79. The lowest BCUT2D eigenvalue weighted by Gasteiger charge is -1.99. The highest BCUT2D eigenvalue weighted by atomic mass is 31.2. The number of phenols is 1. The van der Waals surface area contributed by atoms with E-state index in [0.717, 1.165) is 12.0 Å². The summed E-state index contributed by atoms with van der Waals surface area (Å²) in [6.07, 6.45) is 0.924. The summed E-state index contributed by atoms with van der Waals surface area (Å²) in [7, 11) is -4.64. The van der Waals surface area contributed by atoms with Crippen molar-refractivity contribution < 1.29 is 24.4 Å². The van der Waals surface area contributed by atoms with Gasteiger partial charge in [0.1, 0.15) is 5.75 Å². The monoisotopic (exact) mass is 235 g/mol. The molecule has 7 heteroatoms. The Labute approximate surface area is 87.2 Å². The SMILES string of the molecule is CCc1ccc(N)c(O)c1.O=P(O)(O)O. The molecule has 0 aromatic heterocycles. The van der Waals surface area contributed by atoms with E-state index < -0.39 is 7.82 Å². The van der Waals surface area contributed by atoms with E-state index >= 15 is 0 Å². The number of hydrogen-bond donors (Lipinski definition) is 5. The molecule has 86 valence electrons. The quantitative estimate of drug-likeness (QED) is 0.276. The van der Waals surface area contributed by atoms with Gasteiger partial charge in [-0.05, 0) is 24.1 Å². The summed E-state index contributed by atoms with van der Waals surface area (Å²) in [5.74, 6) is 0.180. The van der Waals surface area contributed by atoms with Crippen LogP contribution in [0.5, 0.6) is 5.75 Å². The number of nitrogen functional groups attached to an aromatic ring is 1. The van der Waals surface area contributed by atoms with Gasteiger partial charge in [-0.15, -0.1) is 0 Å². The predicted octanol–water partition coefficient (Wildman–Crippen LogP) is 0.608. The highest BCUT2D eigenvalue weighted by molar-refractivity contribution is 7.45. The van der Waals surface area contributed by atoms with Crippen molar-refractivity contribution in [3.8, 4) is 5.75 Å². The number of phosphoric acid groups is 1. The molecule has 1 rings (SSSR count). The Morgan fingerprint density at radius 1 is 1.33 bits per heavy atom. The van der Waals surface area contributed by atoms with Gasteiger partial charge in [-0.25, -0.2) is 4.57 Å². The Hall–Kier alpha value is -1.07. The summed E-state index contributed by atoms with van der Waals surface area (Å²) in [6, 6.07) is 5.32. The Morgan fingerprint density at radius 3 is 2.13 bits per heavy atom. The highest BCUT2D eigenvalue weighted by Crippen LogP contribution is 2.25. The van der Waals surface area contributed by atoms with Gasteiger partial charge in [0.25, 0.3) is 0 Å². The van der Waals surface area contributed by atoms with E-state index in [9.17, 15) is 0 Å². The van der Waals surface area contributed by atoms with E-state index in [1.807, 2.05) is 13.0 Å². The first-order valence-corrected chi connectivity index (χ1v) is 5.66. The van der Waals surface area contributed by atoms with Crippen molar-refractivity contribution in [2.45, 2.75) is 13.3 Å². The normalized spacial score (nSPS) is 10.4. The Kier molecular flexibility index (Phi) is 5.32. The van der Waals surface area contributed by atoms with Crippen LogP contribution < -0.4 is 5.73 Å². The van der Waals surface area contributed by atoms with Gasteiger partial charge in [-0.2, -0.15) is 0 Å². The van der Waals surface area contributed by atoms with Crippen LogP contribution in [0.1, 0.15) is 12.5 Å². The van der Waals surface area contributed by atoms with Crippen molar-refractivity contribution in [1.29, 1.82) is 0 Å². The molecule has 1 aromatic carbocycles. The smallest absolute Gasteiger partial charge is 0.466 e. The average Bonchev–Trinajstić information content (AvgIpc) is 2.07. The maximum atomic E-state index is 9.11. The summed E-state index contributed by atoms with van der Waals surface area (Å²) in [6.45, 7) is 2.03. The fraction of sp³-hybridized carbons (Fsp3) is 0.250. The van der Waals surface area contributed by atoms with E-state index in [4.69, 9.17) is 30.1 Å². The molecule has 0 saturated carbocycles. The fourth-order valence-electron chi connectivity index (χ4n) is 0.809. The second kappa shape index (κ2) is 5.72. The van der Waals surface area contributed by atoms with Crippen molar-refractivity contribution in [3.05, 3.63) is 23.8 Å². The maximum absolute atomic E-state index is 9.11. The molecule has 1 aromatic rings. The number of aromatic hydroxyl groups is 1. The molecule has 0 amide bonds. The minimum Gasteiger partial charge on any atom is -0.506 e. The zero-order valence-corrected chi connectivity index (χ0v) is 9.06. The third kappa shape index (κ3) is 7.96. The van der Waals surface area contributed by atoms with Gasteiger partial charge in [0.15, 0.2) is 0 Å². The number of hydrogen-bond acceptors (Lipinski definition) is 3. The lowest BCUT2D eigenvalue weighted by atomic mass is 10.1. The lowest BCUT2D eigenvalue weighted by Crippen LogP contribution is -1.86. The third-order valence-electron chi connectivity index (χ3n) is 1.50. The molecule has 0 saturated heterocycles. The zero-order chi connectivity index (χ0) is 12.1. The van der Waals surface area contributed by atoms with Crippen LogP contribution in [0.15, 0.2) is 18.2 Å². The topological polar surface area (TPSA) is 124 Å². The first kappa shape index (κ1) is 13.9. The minimum absolute atomic E-state index is 0.180. The van der Waals surface area contributed by atoms with Crippen LogP contribution in [0.3, 0.4) is 0 Å². The van der Waals surface area contributed by atoms with Crippen LogP contribution in [0, 0.1) is 0 Å². The van der Waals surface area contributed by atoms with E-state index in [-0.39, 0.29) is 5.75 Å². The third-order valence-corrected chi connectivity index (χ3v) is 1.50. The van der Waals surface area contributed by atoms with Crippen molar-refractivity contribution >= 4 is 13.5 Å². The lowest BCUT2D eigenvalue weighted by molar-refractivity contribution is 0.275. The zero-order valence-electron chi connectivity index (χ0n) is 8.16. The molecule has 0 heterocycles. The van der Waals surface area contributed by atoms with Crippen molar-refractivity contribution in [1.82, 2.24) is 0 Å². The number of benzene rings is 1. The second-order valence-electron chi connectivity index (χ2n) is 2.76. The van der Waals surface area contributed by atoms with Gasteiger partial charge in [0.05, 0.1) is 5.69 Å². The van der Waals surface area contributed by atoms with Gasteiger partial charge >= 0.3 is 7.82 Å². The molecule has 0 spiro atoms. The number of nitrogens with two attached hydrogens (primary N) is 1. The standard InChI is InChI=1S/C8H11NO.H3O4P/c1-2-6-3-4-7(9)8(10)5-6;1-5(2,3)4/h3-5,10H,2,9H2,1H3;(H3,1,2,3,4). The number of phenolic OH excluding ortho intramolecular Hbond substituents is 1. The molecule has 0 atom stereocenters. The molecular formula is C8H14NO5P. The van der Waals surface area contributed by atoms with Gasteiger partial charge in [-0.3, -0.25) is 0 Å². The predicted molar refractivity (Wildman–Crippen MR) is 56.2 cm³/mol. The molecule has 0 bridgehead atoms. The molecule has 0 aliphatic rings. The summed E-state index contributed by atoms with van der Waals surface area (Å²) >= 11 is 0. The van der Waals surface area contributed by atoms with Crippen LogP contribution >= 0.6 is 7.82 Å². The molecule has 0 unspecified atom stereocenters. The molecular weight excluding hydrogens is 221 g/mol. The Morgan fingerprint density at radius 2 is 1.80 bits per heavy atom.